The van der Waals surface area contributed by atoms with Crippen LogP contribution in [0, 0.1) is 0 Å². The van der Waals surface area contributed by atoms with Crippen LogP contribution in [0.15, 0.2) is 24.7 Å². The highest BCUT2D eigenvalue weighted by Gasteiger charge is 2.22. The maximum atomic E-state index is 12.2. The van der Waals surface area contributed by atoms with Gasteiger partial charge in [0.05, 0.1) is 11.2 Å². The number of hydrogen-bond acceptors (Lipinski definition) is 5. The summed E-state index contributed by atoms with van der Waals surface area (Å²) in [5, 5.41) is 19.3. The molecule has 2 aromatic rings. The van der Waals surface area contributed by atoms with Crippen LogP contribution in [0.4, 0.5) is 0 Å². The van der Waals surface area contributed by atoms with E-state index in [9.17, 15) is 14.7 Å². The number of aliphatic carboxylic acids is 1. The predicted molar refractivity (Wildman–Crippen MR) is 82.2 cm³/mol. The zero-order valence-electron chi connectivity index (χ0n) is 13.3. The summed E-state index contributed by atoms with van der Waals surface area (Å²) in [6.45, 7) is 5.90. The second-order valence-corrected chi connectivity index (χ2v) is 6.13. The number of nitrogens with one attached hydrogen (secondary N) is 1. The largest absolute Gasteiger partial charge is 0.480 e. The van der Waals surface area contributed by atoms with Gasteiger partial charge in [0.2, 0.25) is 0 Å². The average molecular weight is 320 g/mol. The topological polar surface area (TPSA) is 106 Å². The summed E-state index contributed by atoms with van der Waals surface area (Å²) in [6, 6.07) is 2.20. The molecule has 0 saturated heterocycles. The molecule has 0 fully saturated rings. The summed E-state index contributed by atoms with van der Waals surface area (Å²) in [7, 11) is 0. The summed E-state index contributed by atoms with van der Waals surface area (Å²) in [6.07, 6.45) is 3.21. The molecule has 0 radical (unpaired) electrons. The molecular weight excluding hydrogens is 300 g/mol. The molecule has 0 aliphatic rings. The van der Waals surface area contributed by atoms with E-state index in [1.165, 1.54) is 6.33 Å². The van der Waals surface area contributed by atoms with Gasteiger partial charge in [-0.05, 0) is 32.9 Å². The van der Waals surface area contributed by atoms with Gasteiger partial charge in [-0.3, -0.25) is 9.20 Å². The highest BCUT2D eigenvalue weighted by atomic mass is 16.5. The van der Waals surface area contributed by atoms with Crippen molar-refractivity contribution in [3.8, 4) is 0 Å². The fraction of sp³-hybridized carbons (Fsp3) is 0.467. The summed E-state index contributed by atoms with van der Waals surface area (Å²) in [5.41, 5.74) is 0.585. The fourth-order valence-electron chi connectivity index (χ4n) is 1.94. The first-order chi connectivity index (χ1) is 10.8. The first-order valence-corrected chi connectivity index (χ1v) is 7.23. The van der Waals surface area contributed by atoms with E-state index in [0.29, 0.717) is 11.2 Å². The molecular formula is C15H20N4O4. The molecule has 0 aliphatic carbocycles. The molecule has 23 heavy (non-hydrogen) atoms. The third-order valence-electron chi connectivity index (χ3n) is 3.10. The number of hydrogen-bond donors (Lipinski definition) is 2. The van der Waals surface area contributed by atoms with E-state index in [4.69, 9.17) is 4.74 Å². The van der Waals surface area contributed by atoms with E-state index >= 15 is 0 Å². The minimum atomic E-state index is -1.10. The Hall–Kier alpha value is -2.48. The van der Waals surface area contributed by atoms with Crippen LogP contribution in [0.25, 0.3) is 5.65 Å². The van der Waals surface area contributed by atoms with Crippen molar-refractivity contribution in [2.75, 3.05) is 6.61 Å². The van der Waals surface area contributed by atoms with Crippen molar-refractivity contribution >= 4 is 17.5 Å². The zero-order valence-corrected chi connectivity index (χ0v) is 13.3. The van der Waals surface area contributed by atoms with Crippen molar-refractivity contribution in [3.63, 3.8) is 0 Å². The van der Waals surface area contributed by atoms with Gasteiger partial charge in [-0.1, -0.05) is 0 Å². The number of carboxylic acid groups (broad SMARTS) is 1. The number of fused-ring (bicyclic) bond motifs is 1. The van der Waals surface area contributed by atoms with E-state index in [-0.39, 0.29) is 18.6 Å². The summed E-state index contributed by atoms with van der Waals surface area (Å²) < 4.78 is 7.10. The fourth-order valence-corrected chi connectivity index (χ4v) is 1.94. The summed E-state index contributed by atoms with van der Waals surface area (Å²) >= 11 is 0. The lowest BCUT2D eigenvalue weighted by atomic mass is 10.1. The van der Waals surface area contributed by atoms with Gasteiger partial charge in [0.25, 0.3) is 5.91 Å². The van der Waals surface area contributed by atoms with Gasteiger partial charge >= 0.3 is 5.97 Å². The van der Waals surface area contributed by atoms with Crippen molar-refractivity contribution in [2.45, 2.75) is 38.8 Å². The van der Waals surface area contributed by atoms with E-state index in [0.717, 1.165) is 0 Å². The minimum absolute atomic E-state index is 0.188. The van der Waals surface area contributed by atoms with Crippen LogP contribution in [0.3, 0.4) is 0 Å². The van der Waals surface area contributed by atoms with Crippen LogP contribution in [-0.4, -0.2) is 49.8 Å². The molecule has 0 bridgehead atoms. The lowest BCUT2D eigenvalue weighted by Gasteiger charge is -2.21. The number of carboxylic acids is 1. The standard InChI is InChI=1S/C15H20N4O4/c1-15(2,3)23-7-6-11(14(21)22)17-13(20)10-4-5-12-18-16-9-19(12)8-10/h4-5,8-9,11H,6-7H2,1-3H3,(H,17,20)(H,21,22). The monoisotopic (exact) mass is 320 g/mol. The van der Waals surface area contributed by atoms with Crippen molar-refractivity contribution < 1.29 is 19.4 Å². The highest BCUT2D eigenvalue weighted by Crippen LogP contribution is 2.09. The third-order valence-corrected chi connectivity index (χ3v) is 3.10. The number of aromatic nitrogens is 3. The maximum absolute atomic E-state index is 12.2. The third kappa shape index (κ3) is 4.75. The molecule has 1 amide bonds. The Balaban J connectivity index is 2.00. The Morgan fingerprint density at radius 3 is 2.78 bits per heavy atom. The van der Waals surface area contributed by atoms with Gasteiger partial charge in [0, 0.05) is 19.2 Å². The number of rotatable bonds is 6. The smallest absolute Gasteiger partial charge is 0.326 e. The number of pyridine rings is 1. The molecule has 0 spiro atoms. The van der Waals surface area contributed by atoms with E-state index < -0.39 is 17.9 Å². The molecule has 2 aromatic heterocycles. The van der Waals surface area contributed by atoms with Crippen LogP contribution in [0.2, 0.25) is 0 Å². The molecule has 2 heterocycles. The number of ether oxygens (including phenoxy) is 1. The first-order valence-electron chi connectivity index (χ1n) is 7.23. The lowest BCUT2D eigenvalue weighted by Crippen LogP contribution is -2.42. The number of amides is 1. The lowest BCUT2D eigenvalue weighted by molar-refractivity contribution is -0.140. The molecule has 1 atom stereocenters. The quantitative estimate of drug-likeness (QED) is 0.826. The Morgan fingerprint density at radius 2 is 2.13 bits per heavy atom. The van der Waals surface area contributed by atoms with Gasteiger partial charge in [-0.2, -0.15) is 0 Å². The number of carbonyl (C=O) groups is 2. The van der Waals surface area contributed by atoms with Gasteiger partial charge in [0.15, 0.2) is 5.65 Å². The summed E-state index contributed by atoms with van der Waals surface area (Å²) in [5.74, 6) is -1.56. The molecule has 0 saturated carbocycles. The van der Waals surface area contributed by atoms with Crippen molar-refractivity contribution in [2.24, 2.45) is 0 Å². The van der Waals surface area contributed by atoms with Crippen molar-refractivity contribution in [1.29, 1.82) is 0 Å². The minimum Gasteiger partial charge on any atom is -0.480 e. The highest BCUT2D eigenvalue weighted by molar-refractivity contribution is 5.96. The molecule has 1 unspecified atom stereocenters. The molecule has 2 N–H and O–H groups in total. The number of carbonyl (C=O) groups excluding carboxylic acids is 1. The van der Waals surface area contributed by atoms with Gasteiger partial charge < -0.3 is 15.2 Å². The second-order valence-electron chi connectivity index (χ2n) is 6.13. The normalized spacial score (nSPS) is 13.0. The summed E-state index contributed by atoms with van der Waals surface area (Å²) in [4.78, 5) is 23.5. The van der Waals surface area contributed by atoms with Crippen molar-refractivity contribution in [1.82, 2.24) is 19.9 Å². The van der Waals surface area contributed by atoms with Gasteiger partial charge in [0.1, 0.15) is 12.4 Å². The van der Waals surface area contributed by atoms with Crippen molar-refractivity contribution in [3.05, 3.63) is 30.2 Å². The molecule has 8 nitrogen and oxygen atoms in total. The molecule has 2 rings (SSSR count). The Bertz CT molecular complexity index is 705. The maximum Gasteiger partial charge on any atom is 0.326 e. The molecule has 0 aromatic carbocycles. The molecule has 8 heteroatoms. The Labute approximate surface area is 133 Å². The van der Waals surface area contributed by atoms with Crippen LogP contribution in [0.5, 0.6) is 0 Å². The van der Waals surface area contributed by atoms with Gasteiger partial charge in [-0.15, -0.1) is 10.2 Å². The van der Waals surface area contributed by atoms with E-state index in [2.05, 4.69) is 15.5 Å². The first kappa shape index (κ1) is 16.9. The van der Waals surface area contributed by atoms with Crippen LogP contribution in [-0.2, 0) is 9.53 Å². The Kier molecular flexibility index (Phi) is 4.95. The van der Waals surface area contributed by atoms with Gasteiger partial charge in [-0.25, -0.2) is 4.79 Å². The molecule has 0 aliphatic heterocycles. The van der Waals surface area contributed by atoms with Crippen LogP contribution < -0.4 is 5.32 Å². The second kappa shape index (κ2) is 6.74. The average Bonchev–Trinajstić information content (AvgIpc) is 2.91. The number of nitrogens with zero attached hydrogens (tertiary/aromatic N) is 3. The zero-order chi connectivity index (χ0) is 17.0. The van der Waals surface area contributed by atoms with E-state index in [1.807, 2.05) is 20.8 Å². The Morgan fingerprint density at radius 1 is 1.39 bits per heavy atom. The van der Waals surface area contributed by atoms with E-state index in [1.54, 1.807) is 22.7 Å². The molecule has 124 valence electrons. The van der Waals surface area contributed by atoms with Crippen LogP contribution in [0.1, 0.15) is 37.6 Å². The van der Waals surface area contributed by atoms with Crippen LogP contribution >= 0.6 is 0 Å². The SMILES string of the molecule is CC(C)(C)OCCC(NC(=O)c1ccc2nncn2c1)C(=O)O. The predicted octanol–water partition coefficient (Wildman–Crippen LogP) is 1.12.